The van der Waals surface area contributed by atoms with E-state index in [0.717, 1.165) is 29.8 Å². The summed E-state index contributed by atoms with van der Waals surface area (Å²) >= 11 is 1.37. The molecule has 0 saturated heterocycles. The van der Waals surface area contributed by atoms with Gasteiger partial charge in [0.15, 0.2) is 11.0 Å². The second-order valence-corrected chi connectivity index (χ2v) is 5.43. The van der Waals surface area contributed by atoms with Crippen molar-refractivity contribution < 1.29 is 4.79 Å². The van der Waals surface area contributed by atoms with Crippen molar-refractivity contribution in [2.45, 2.75) is 32.1 Å². The summed E-state index contributed by atoms with van der Waals surface area (Å²) in [6.07, 6.45) is 3.57. The predicted octanol–water partition coefficient (Wildman–Crippen LogP) is 1.58. The van der Waals surface area contributed by atoms with E-state index in [4.69, 9.17) is 0 Å². The second kappa shape index (κ2) is 7.79. The summed E-state index contributed by atoms with van der Waals surface area (Å²) in [6, 6.07) is 1.92. The molecule has 0 aliphatic heterocycles. The molecule has 1 N–H and O–H groups in total. The van der Waals surface area contributed by atoms with Crippen LogP contribution in [0.5, 0.6) is 0 Å². The van der Waals surface area contributed by atoms with Crippen LogP contribution in [-0.2, 0) is 17.9 Å². The van der Waals surface area contributed by atoms with E-state index in [1.54, 1.807) is 6.08 Å². The first-order valence-corrected chi connectivity index (χ1v) is 8.15. The van der Waals surface area contributed by atoms with Crippen molar-refractivity contribution in [1.82, 2.24) is 29.9 Å². The lowest BCUT2D eigenvalue weighted by Gasteiger charge is -2.06. The van der Waals surface area contributed by atoms with Crippen LogP contribution in [0, 0.1) is 0 Å². The Bertz CT molecular complexity index is 648. The van der Waals surface area contributed by atoms with E-state index in [0.29, 0.717) is 12.3 Å². The molecule has 0 aliphatic rings. The summed E-state index contributed by atoms with van der Waals surface area (Å²) in [5.74, 6) is 0.978. The van der Waals surface area contributed by atoms with E-state index in [2.05, 4.69) is 27.2 Å². The molecule has 0 spiro atoms. The summed E-state index contributed by atoms with van der Waals surface area (Å²) in [4.78, 5) is 11.6. The minimum Gasteiger partial charge on any atom is -0.352 e. The van der Waals surface area contributed by atoms with Gasteiger partial charge in [0.2, 0.25) is 5.91 Å². The summed E-state index contributed by atoms with van der Waals surface area (Å²) < 4.78 is 3.81. The van der Waals surface area contributed by atoms with Gasteiger partial charge in [0, 0.05) is 25.8 Å². The molecule has 0 aliphatic carbocycles. The van der Waals surface area contributed by atoms with Crippen molar-refractivity contribution in [3.8, 4) is 11.5 Å². The molecule has 0 fully saturated rings. The maximum atomic E-state index is 11.6. The summed E-state index contributed by atoms with van der Waals surface area (Å²) in [5, 5.41) is 16.3. The van der Waals surface area contributed by atoms with Crippen molar-refractivity contribution in [1.29, 1.82) is 0 Å². The Hall–Kier alpha value is -2.09. The van der Waals surface area contributed by atoms with Gasteiger partial charge in [-0.25, -0.2) is 0 Å². The van der Waals surface area contributed by atoms with Crippen LogP contribution in [0.25, 0.3) is 11.5 Å². The first-order valence-electron chi connectivity index (χ1n) is 7.17. The highest BCUT2D eigenvalue weighted by Gasteiger charge is 2.16. The summed E-state index contributed by atoms with van der Waals surface area (Å²) in [6.45, 7) is 9.62. The number of carbonyl (C=O) groups excluding carboxylic acids is 1. The third-order valence-corrected chi connectivity index (χ3v) is 3.97. The van der Waals surface area contributed by atoms with Gasteiger partial charge in [-0.3, -0.25) is 9.48 Å². The number of thioether (sulfide) groups is 1. The first kappa shape index (κ1) is 16.3. The highest BCUT2D eigenvalue weighted by atomic mass is 32.2. The van der Waals surface area contributed by atoms with Crippen LogP contribution in [0.15, 0.2) is 30.1 Å². The molecule has 2 heterocycles. The average molecular weight is 320 g/mol. The molecule has 0 radical (unpaired) electrons. The van der Waals surface area contributed by atoms with E-state index >= 15 is 0 Å². The number of rotatable bonds is 8. The fourth-order valence-corrected chi connectivity index (χ4v) is 2.73. The highest BCUT2D eigenvalue weighted by molar-refractivity contribution is 7.99. The minimum absolute atomic E-state index is 0.0487. The quantitative estimate of drug-likeness (QED) is 0.590. The van der Waals surface area contributed by atoms with Gasteiger partial charge < -0.3 is 9.88 Å². The number of amides is 1. The molecule has 8 heteroatoms. The van der Waals surface area contributed by atoms with Gasteiger partial charge in [-0.15, -0.1) is 16.8 Å². The number of carbonyl (C=O) groups is 1. The van der Waals surface area contributed by atoms with E-state index in [1.807, 2.05) is 35.4 Å². The van der Waals surface area contributed by atoms with Crippen LogP contribution in [0.3, 0.4) is 0 Å². The fraction of sp³-hybridized carbons (Fsp3) is 0.429. The van der Waals surface area contributed by atoms with Gasteiger partial charge >= 0.3 is 0 Å². The molecule has 0 aromatic carbocycles. The third-order valence-electron chi connectivity index (χ3n) is 3.00. The topological polar surface area (TPSA) is 77.6 Å². The molecule has 22 heavy (non-hydrogen) atoms. The zero-order valence-electron chi connectivity index (χ0n) is 12.8. The molecule has 1 amide bonds. The first-order chi connectivity index (χ1) is 10.7. The van der Waals surface area contributed by atoms with Crippen molar-refractivity contribution in [2.24, 2.45) is 0 Å². The van der Waals surface area contributed by atoms with Crippen molar-refractivity contribution in [3.05, 3.63) is 24.9 Å². The number of hydrogen-bond acceptors (Lipinski definition) is 5. The van der Waals surface area contributed by atoms with Crippen LogP contribution in [0.4, 0.5) is 0 Å². The maximum absolute atomic E-state index is 11.6. The van der Waals surface area contributed by atoms with E-state index in [1.165, 1.54) is 11.8 Å². The number of hydrogen-bond donors (Lipinski definition) is 1. The van der Waals surface area contributed by atoms with Gasteiger partial charge in [-0.1, -0.05) is 17.8 Å². The van der Waals surface area contributed by atoms with Gasteiger partial charge in [-0.05, 0) is 19.9 Å². The number of aryl methyl sites for hydroxylation is 1. The molecular formula is C14H20N6OS. The Morgan fingerprint density at radius 3 is 2.86 bits per heavy atom. The van der Waals surface area contributed by atoms with E-state index < -0.39 is 0 Å². The maximum Gasteiger partial charge on any atom is 0.230 e. The molecule has 0 saturated carbocycles. The average Bonchev–Trinajstić information content (AvgIpc) is 3.16. The lowest BCUT2D eigenvalue weighted by molar-refractivity contribution is -0.118. The lowest BCUT2D eigenvalue weighted by atomic mass is 10.4. The summed E-state index contributed by atoms with van der Waals surface area (Å²) in [5.41, 5.74) is 0.791. The number of nitrogens with one attached hydrogen (secondary N) is 1. The predicted molar refractivity (Wildman–Crippen MR) is 86.5 cm³/mol. The van der Waals surface area contributed by atoms with Gasteiger partial charge in [-0.2, -0.15) is 5.10 Å². The summed E-state index contributed by atoms with van der Waals surface area (Å²) in [7, 11) is 0. The second-order valence-electron chi connectivity index (χ2n) is 4.49. The normalized spacial score (nSPS) is 10.6. The van der Waals surface area contributed by atoms with Crippen molar-refractivity contribution in [2.75, 3.05) is 12.3 Å². The van der Waals surface area contributed by atoms with Gasteiger partial charge in [0.25, 0.3) is 0 Å². The Kier molecular flexibility index (Phi) is 5.76. The van der Waals surface area contributed by atoms with Crippen LogP contribution >= 0.6 is 11.8 Å². The zero-order valence-corrected chi connectivity index (χ0v) is 13.6. The standard InChI is InChI=1S/C14H20N6OS/c1-4-8-15-12(21)10-22-14-17-16-13(20(14)6-3)11-7-9-19(5-2)18-11/h4,7,9H,1,5-6,8,10H2,2-3H3,(H,15,21). The van der Waals surface area contributed by atoms with Crippen LogP contribution in [0.2, 0.25) is 0 Å². The Balaban J connectivity index is 2.10. The molecule has 0 unspecified atom stereocenters. The highest BCUT2D eigenvalue weighted by Crippen LogP contribution is 2.22. The van der Waals surface area contributed by atoms with Gasteiger partial charge in [0.1, 0.15) is 5.69 Å². The number of aromatic nitrogens is 5. The van der Waals surface area contributed by atoms with E-state index in [-0.39, 0.29) is 5.91 Å². The van der Waals surface area contributed by atoms with E-state index in [9.17, 15) is 4.79 Å². The lowest BCUT2D eigenvalue weighted by Crippen LogP contribution is -2.25. The molecular weight excluding hydrogens is 300 g/mol. The molecule has 0 bridgehead atoms. The molecule has 118 valence electrons. The molecule has 2 aromatic heterocycles. The zero-order chi connectivity index (χ0) is 15.9. The Morgan fingerprint density at radius 1 is 1.41 bits per heavy atom. The largest absolute Gasteiger partial charge is 0.352 e. The van der Waals surface area contributed by atoms with Crippen molar-refractivity contribution >= 4 is 17.7 Å². The van der Waals surface area contributed by atoms with Crippen molar-refractivity contribution in [3.63, 3.8) is 0 Å². The molecule has 2 aromatic rings. The van der Waals surface area contributed by atoms with Crippen LogP contribution in [-0.4, -0.2) is 42.7 Å². The SMILES string of the molecule is C=CCNC(=O)CSc1nnc(-c2ccn(CC)n2)n1CC. The van der Waals surface area contributed by atoms with Crippen LogP contribution in [0.1, 0.15) is 13.8 Å². The molecule has 7 nitrogen and oxygen atoms in total. The van der Waals surface area contributed by atoms with Gasteiger partial charge in [0.05, 0.1) is 5.75 Å². The van der Waals surface area contributed by atoms with Crippen LogP contribution < -0.4 is 5.32 Å². The Labute approximate surface area is 133 Å². The molecule has 2 rings (SSSR count). The monoisotopic (exact) mass is 320 g/mol. The smallest absolute Gasteiger partial charge is 0.230 e. The molecule has 0 atom stereocenters. The number of nitrogens with zero attached hydrogens (tertiary/aromatic N) is 5. The minimum atomic E-state index is -0.0487. The third kappa shape index (κ3) is 3.76. The fourth-order valence-electron chi connectivity index (χ4n) is 1.89. The Morgan fingerprint density at radius 2 is 2.23 bits per heavy atom.